The average Bonchev–Trinajstić information content (AvgIpc) is 1.58. The second kappa shape index (κ2) is 3.45. The zero-order valence-electron chi connectivity index (χ0n) is 4.52. The largest absolute Gasteiger partial charge is 0.436 e. The highest BCUT2D eigenvalue weighted by Crippen LogP contribution is 2.56. The number of halogens is 8. The molecule has 0 spiro atoms. The van der Waals surface area contributed by atoms with Crippen LogP contribution < -0.4 is 0 Å². The van der Waals surface area contributed by atoms with E-state index >= 15 is 0 Å². The normalized spacial score (nSPS) is 24.0. The van der Waals surface area contributed by atoms with E-state index in [-0.39, 0.29) is 0 Å². The average molecular weight is 434 g/mol. The van der Waals surface area contributed by atoms with Gasteiger partial charge in [-0.15, -0.1) is 0 Å². The quantitative estimate of drug-likeness (QED) is 0.328. The van der Waals surface area contributed by atoms with Crippen LogP contribution in [0, 0.1) is 0 Å². The van der Waals surface area contributed by atoms with Crippen molar-refractivity contribution in [2.75, 3.05) is 0 Å². The van der Waals surface area contributed by atoms with Gasteiger partial charge in [0.05, 0.1) is 0 Å². The Balaban J connectivity index is 4.75. The van der Waals surface area contributed by atoms with Crippen molar-refractivity contribution in [3.8, 4) is 0 Å². The summed E-state index contributed by atoms with van der Waals surface area (Å²) in [5.41, 5.74) is 0. The number of hydrogen-bond donors (Lipinski definition) is 0. The first-order valence-electron chi connectivity index (χ1n) is 2.01. The van der Waals surface area contributed by atoms with E-state index < -0.39 is 12.5 Å². The molecule has 0 rings (SSSR count). The van der Waals surface area contributed by atoms with Crippen molar-refractivity contribution in [3.05, 3.63) is 0 Å². The molecule has 2 atom stereocenters. The molecule has 0 nitrogen and oxygen atoms in total. The van der Waals surface area contributed by atoms with Crippen LogP contribution in [0.5, 0.6) is 0 Å². The van der Waals surface area contributed by atoms with E-state index in [0.717, 1.165) is 22.6 Å². The summed E-state index contributed by atoms with van der Waals surface area (Å²) in [6.45, 7) is 0. The first kappa shape index (κ1) is 12.7. The summed E-state index contributed by atoms with van der Waals surface area (Å²) < 4.78 is 42.2. The lowest BCUT2D eigenvalue weighted by atomic mass is 10.4. The SMILES string of the molecule is FC(F)(F)C(F)(Br)C(Cl)(Br)I. The topological polar surface area (TPSA) is 0 Å². The second-order valence-electron chi connectivity index (χ2n) is 1.57. The van der Waals surface area contributed by atoms with Crippen LogP contribution in [0.4, 0.5) is 17.6 Å². The lowest BCUT2D eigenvalue weighted by Crippen LogP contribution is -2.45. The Morgan fingerprint density at radius 2 is 1.36 bits per heavy atom. The van der Waals surface area contributed by atoms with Crippen LogP contribution in [0.2, 0.25) is 0 Å². The Morgan fingerprint density at radius 1 is 1.09 bits per heavy atom. The number of rotatable bonds is 1. The molecular formula is C3Br2ClF4I. The molecule has 0 heterocycles. The third-order valence-electron chi connectivity index (χ3n) is 0.712. The fourth-order valence-corrected chi connectivity index (χ4v) is 0.798. The maximum absolute atomic E-state index is 12.7. The van der Waals surface area contributed by atoms with E-state index in [1.165, 1.54) is 0 Å². The highest BCUT2D eigenvalue weighted by molar-refractivity contribution is 14.1. The molecule has 0 aliphatic rings. The van der Waals surface area contributed by atoms with Crippen LogP contribution in [-0.4, -0.2) is 12.5 Å². The van der Waals surface area contributed by atoms with Crippen LogP contribution in [0.3, 0.4) is 0 Å². The molecule has 2 unspecified atom stereocenters. The van der Waals surface area contributed by atoms with E-state index in [0.29, 0.717) is 0 Å². The van der Waals surface area contributed by atoms with Gasteiger partial charge in [-0.2, -0.15) is 13.2 Å². The lowest BCUT2D eigenvalue weighted by Gasteiger charge is -2.28. The van der Waals surface area contributed by atoms with Crippen LogP contribution in [0.1, 0.15) is 0 Å². The molecule has 0 aliphatic carbocycles. The van der Waals surface area contributed by atoms with Crippen molar-refractivity contribution >= 4 is 66.1 Å². The fourth-order valence-electron chi connectivity index (χ4n) is 0.161. The molecule has 0 fully saturated rings. The maximum atomic E-state index is 12.7. The zero-order chi connectivity index (χ0) is 9.50. The standard InChI is InChI=1S/C3Br2ClF4I/c4-1(7,2(5,6)11)3(8,9)10. The van der Waals surface area contributed by atoms with Crippen molar-refractivity contribution in [1.82, 2.24) is 0 Å². The maximum Gasteiger partial charge on any atom is 0.436 e. The van der Waals surface area contributed by atoms with E-state index in [9.17, 15) is 17.6 Å². The molecule has 0 aromatic carbocycles. The van der Waals surface area contributed by atoms with Crippen molar-refractivity contribution < 1.29 is 17.6 Å². The minimum atomic E-state index is -5.06. The summed E-state index contributed by atoms with van der Waals surface area (Å²) in [7, 11) is 0. The summed E-state index contributed by atoms with van der Waals surface area (Å²) in [5.74, 6) is 0. The molecule has 0 amide bonds. The van der Waals surface area contributed by atoms with Gasteiger partial charge in [-0.25, -0.2) is 4.39 Å². The summed E-state index contributed by atoms with van der Waals surface area (Å²) in [4.78, 5) is 0. The molecule has 0 saturated heterocycles. The van der Waals surface area contributed by atoms with Crippen molar-refractivity contribution in [2.24, 2.45) is 0 Å². The summed E-state index contributed by atoms with van der Waals surface area (Å²) >= 11 is 10.3. The first-order chi connectivity index (χ1) is 4.50. The molecule has 0 aliphatic heterocycles. The molecule has 8 heteroatoms. The highest BCUT2D eigenvalue weighted by Gasteiger charge is 2.65. The monoisotopic (exact) mass is 432 g/mol. The Labute approximate surface area is 95.4 Å². The second-order valence-corrected chi connectivity index (χ2v) is 8.61. The molecule has 11 heavy (non-hydrogen) atoms. The third kappa shape index (κ3) is 2.84. The Bertz CT molecular complexity index is 134. The summed E-state index contributed by atoms with van der Waals surface area (Å²) in [6.07, 6.45) is -5.06. The predicted octanol–water partition coefficient (Wildman–Crippen LogP) is 4.33. The molecule has 0 aromatic rings. The molecule has 0 N–H and O–H groups in total. The molecule has 0 saturated carbocycles. The van der Waals surface area contributed by atoms with Crippen LogP contribution in [0.25, 0.3) is 0 Å². The van der Waals surface area contributed by atoms with Crippen LogP contribution >= 0.6 is 66.1 Å². The minimum Gasteiger partial charge on any atom is -0.217 e. The fraction of sp³-hybridized carbons (Fsp3) is 1.00. The Hall–Kier alpha value is 1.70. The molecule has 68 valence electrons. The third-order valence-corrected chi connectivity index (χ3v) is 4.81. The minimum absolute atomic E-state index is 1.08. The van der Waals surface area contributed by atoms with E-state index in [1.807, 2.05) is 15.9 Å². The molecule has 0 radical (unpaired) electrons. The van der Waals surface area contributed by atoms with Gasteiger partial charge in [-0.3, -0.25) is 0 Å². The van der Waals surface area contributed by atoms with E-state index in [2.05, 4.69) is 15.9 Å². The van der Waals surface area contributed by atoms with Gasteiger partial charge in [-0.1, -0.05) is 27.5 Å². The van der Waals surface area contributed by atoms with Crippen molar-refractivity contribution in [3.63, 3.8) is 0 Å². The molecular weight excluding hydrogens is 434 g/mol. The van der Waals surface area contributed by atoms with Gasteiger partial charge < -0.3 is 0 Å². The zero-order valence-corrected chi connectivity index (χ0v) is 10.6. The smallest absolute Gasteiger partial charge is 0.217 e. The van der Waals surface area contributed by atoms with Gasteiger partial charge in [0.25, 0.3) is 4.58 Å². The first-order valence-corrected chi connectivity index (χ1v) is 5.05. The van der Waals surface area contributed by atoms with E-state index in [1.54, 1.807) is 0 Å². The van der Waals surface area contributed by atoms with Gasteiger partial charge in [0.1, 0.15) is 0 Å². The number of alkyl halides is 8. The Kier molecular flexibility index (Phi) is 3.99. The van der Waals surface area contributed by atoms with Crippen molar-refractivity contribution in [2.45, 2.75) is 12.5 Å². The Morgan fingerprint density at radius 3 is 1.36 bits per heavy atom. The van der Waals surface area contributed by atoms with Crippen LogP contribution in [0.15, 0.2) is 0 Å². The van der Waals surface area contributed by atoms with Crippen molar-refractivity contribution in [1.29, 1.82) is 0 Å². The summed E-state index contributed by atoms with van der Waals surface area (Å²) in [5, 5.41) is 0. The van der Waals surface area contributed by atoms with Gasteiger partial charge in [0.2, 0.25) is 1.79 Å². The number of hydrogen-bond acceptors (Lipinski definition) is 0. The highest BCUT2D eigenvalue weighted by atomic mass is 127. The van der Waals surface area contributed by atoms with Gasteiger partial charge in [-0.05, 0) is 38.5 Å². The molecule has 0 aromatic heterocycles. The van der Waals surface area contributed by atoms with Gasteiger partial charge in [0, 0.05) is 0 Å². The van der Waals surface area contributed by atoms with E-state index in [4.69, 9.17) is 11.6 Å². The van der Waals surface area contributed by atoms with Gasteiger partial charge >= 0.3 is 6.18 Å². The lowest BCUT2D eigenvalue weighted by molar-refractivity contribution is -0.187. The molecule has 0 bridgehead atoms. The predicted molar refractivity (Wildman–Crippen MR) is 50.4 cm³/mol. The summed E-state index contributed by atoms with van der Waals surface area (Å²) in [6, 6.07) is 0. The van der Waals surface area contributed by atoms with Gasteiger partial charge in [0.15, 0.2) is 0 Å². The van der Waals surface area contributed by atoms with Crippen LogP contribution in [-0.2, 0) is 0 Å².